The maximum atomic E-state index is 12.8. The Kier molecular flexibility index (Phi) is 17.9. The van der Waals surface area contributed by atoms with Crippen LogP contribution in [0.25, 0.3) is 44.7 Å². The molecule has 20 heteroatoms. The number of furan rings is 3. The number of amides is 1. The van der Waals surface area contributed by atoms with Crippen molar-refractivity contribution >= 4 is 121 Å². The summed E-state index contributed by atoms with van der Waals surface area (Å²) in [4.78, 5) is 73.3. The number of benzene rings is 4. The first-order chi connectivity index (χ1) is 36.9. The third-order valence-electron chi connectivity index (χ3n) is 11.3. The number of carboxylic acid groups (broad SMARTS) is 3. The van der Waals surface area contributed by atoms with E-state index >= 15 is 0 Å². The third kappa shape index (κ3) is 13.6. The van der Waals surface area contributed by atoms with E-state index in [-0.39, 0.29) is 63.4 Å². The van der Waals surface area contributed by atoms with E-state index in [4.69, 9.17) is 59.7 Å². The van der Waals surface area contributed by atoms with Crippen molar-refractivity contribution in [1.29, 1.82) is 0 Å². The summed E-state index contributed by atoms with van der Waals surface area (Å²) in [6, 6.07) is 37.5. The van der Waals surface area contributed by atoms with Gasteiger partial charge in [-0.3, -0.25) is 14.4 Å². The molecule has 0 aliphatic carbocycles. The van der Waals surface area contributed by atoms with E-state index in [2.05, 4.69) is 5.32 Å². The van der Waals surface area contributed by atoms with Gasteiger partial charge in [0.25, 0.3) is 5.91 Å². The summed E-state index contributed by atoms with van der Waals surface area (Å²) in [5.74, 6) is -2.56. The number of carbonyl (C=O) groups excluding carboxylic acids is 3. The van der Waals surface area contributed by atoms with Crippen LogP contribution >= 0.6 is 80.4 Å². The van der Waals surface area contributed by atoms with Crippen molar-refractivity contribution in [3.05, 3.63) is 225 Å². The summed E-state index contributed by atoms with van der Waals surface area (Å²) in [5, 5.41) is 39.2. The number of aromatic carboxylic acids is 3. The van der Waals surface area contributed by atoms with E-state index in [1.165, 1.54) is 35.0 Å². The second-order valence-corrected chi connectivity index (χ2v) is 21.0. The Morgan fingerprint density at radius 1 is 0.468 bits per heavy atom. The SMILES string of the molecule is Cc1ccc(C(=O)Cc2scc(-c3ccc(Cl)cc3)c2C(=O)O)o1.O=C(Cc1scc(-c2ccc(Cl)cc2)c1C(=O)O)c1ccc(-c2ccc(Cl)cc2)o1.O=C(Nc1scc(-c2ccc(Cl)cc2)c1C(=O)O)c1ccco1. The van der Waals surface area contributed by atoms with Crippen LogP contribution in [0.3, 0.4) is 0 Å². The zero-order chi connectivity index (χ0) is 54.9. The van der Waals surface area contributed by atoms with Gasteiger partial charge in [-0.1, -0.05) is 82.8 Å². The molecule has 4 N–H and O–H groups in total. The van der Waals surface area contributed by atoms with Crippen LogP contribution in [0, 0.1) is 6.92 Å². The van der Waals surface area contributed by atoms with Crippen LogP contribution < -0.4 is 5.32 Å². The van der Waals surface area contributed by atoms with Gasteiger partial charge < -0.3 is 33.9 Å². The van der Waals surface area contributed by atoms with Crippen LogP contribution in [0.15, 0.2) is 169 Å². The van der Waals surface area contributed by atoms with Gasteiger partial charge in [0, 0.05) is 70.3 Å². The van der Waals surface area contributed by atoms with Gasteiger partial charge in [0.05, 0.1) is 17.4 Å². The van der Waals surface area contributed by atoms with Crippen LogP contribution in [0.2, 0.25) is 20.1 Å². The predicted octanol–water partition coefficient (Wildman–Crippen LogP) is 16.8. The highest BCUT2D eigenvalue weighted by atomic mass is 35.5. The molecule has 0 atom stereocenters. The molecule has 0 bridgehead atoms. The number of halogens is 4. The van der Waals surface area contributed by atoms with Crippen LogP contribution in [-0.4, -0.2) is 50.7 Å². The number of carboxylic acids is 3. The van der Waals surface area contributed by atoms with Crippen LogP contribution in [-0.2, 0) is 12.8 Å². The van der Waals surface area contributed by atoms with Gasteiger partial charge in [-0.15, -0.1) is 34.0 Å². The number of rotatable bonds is 15. The van der Waals surface area contributed by atoms with E-state index in [0.29, 0.717) is 63.6 Å². The number of carbonyl (C=O) groups is 6. The fourth-order valence-electron chi connectivity index (χ4n) is 7.59. The predicted molar refractivity (Wildman–Crippen MR) is 301 cm³/mol. The Morgan fingerprint density at radius 2 is 0.870 bits per heavy atom. The molecule has 0 unspecified atom stereocenters. The smallest absolute Gasteiger partial charge is 0.339 e. The molecule has 13 nitrogen and oxygen atoms in total. The van der Waals surface area contributed by atoms with Gasteiger partial charge in [0.2, 0.25) is 11.6 Å². The lowest BCUT2D eigenvalue weighted by Crippen LogP contribution is -2.12. The quantitative estimate of drug-likeness (QED) is 0.0706. The number of nitrogens with one attached hydrogen (secondary N) is 1. The first-order valence-electron chi connectivity index (χ1n) is 22.6. The number of thiophene rings is 3. The third-order valence-corrected chi connectivity index (χ3v) is 15.1. The number of ketones is 2. The minimum absolute atomic E-state index is 0.00710. The number of hydrogen-bond acceptors (Lipinski definition) is 12. The molecule has 4 aromatic carbocycles. The Bertz CT molecular complexity index is 3760. The fraction of sp³-hybridized carbons (Fsp3) is 0.0526. The summed E-state index contributed by atoms with van der Waals surface area (Å²) in [5.41, 5.74) is 4.98. The standard InChI is InChI=1S/C23H14Cl2O4S.C18H13ClO4S.C16H10ClNO4S/c24-15-5-1-13(2-6-15)17-12-30-21(22(17)23(27)28)11-18(26)20-10-9-19(29-20)14-3-7-16(25)8-4-14;1-10-2-7-15(23-10)14(20)8-16-17(18(21)22)13(9-24-16)11-3-5-12(19)6-4-11;17-10-5-3-9(4-6-10)11-8-23-15(13(11)16(20)21)18-14(19)12-2-1-7-22-12/h1-10,12H,11H2,(H,27,28);2-7,9H,8H2,1H3,(H,21,22);1-8H,(H,18,19)(H,20,21). The van der Waals surface area contributed by atoms with Gasteiger partial charge >= 0.3 is 17.9 Å². The molecule has 6 heterocycles. The van der Waals surface area contributed by atoms with Crippen LogP contribution in [0.1, 0.15) is 78.3 Å². The Labute approximate surface area is 470 Å². The van der Waals surface area contributed by atoms with Crippen molar-refractivity contribution in [2.24, 2.45) is 0 Å². The topological polar surface area (TPSA) is 215 Å². The maximum Gasteiger partial charge on any atom is 0.339 e. The Balaban J connectivity index is 0.000000155. The Hall–Kier alpha value is -7.80. The van der Waals surface area contributed by atoms with Gasteiger partial charge in [-0.25, -0.2) is 14.4 Å². The molecule has 10 rings (SSSR count). The molecular formula is C57H37Cl4NO12S3. The van der Waals surface area contributed by atoms with Gasteiger partial charge in [-0.2, -0.15) is 0 Å². The summed E-state index contributed by atoms with van der Waals surface area (Å²) >= 11 is 27.2. The maximum absolute atomic E-state index is 12.8. The lowest BCUT2D eigenvalue weighted by molar-refractivity contribution is 0.0686. The van der Waals surface area contributed by atoms with Crippen molar-refractivity contribution in [3.63, 3.8) is 0 Å². The average molecular weight is 1170 g/mol. The Morgan fingerprint density at radius 3 is 1.27 bits per heavy atom. The fourth-order valence-corrected chi connectivity index (χ4v) is 11.1. The van der Waals surface area contributed by atoms with Gasteiger partial charge in [0.15, 0.2) is 17.3 Å². The summed E-state index contributed by atoms with van der Waals surface area (Å²) < 4.78 is 16.0. The molecule has 0 aliphatic heterocycles. The molecule has 1 amide bonds. The molecule has 0 fully saturated rings. The highest BCUT2D eigenvalue weighted by Gasteiger charge is 2.26. The first kappa shape index (κ1) is 55.4. The van der Waals surface area contributed by atoms with E-state index < -0.39 is 23.8 Å². The summed E-state index contributed by atoms with van der Waals surface area (Å²) in [6.45, 7) is 1.75. The largest absolute Gasteiger partial charge is 0.478 e. The molecule has 0 saturated heterocycles. The molecule has 6 aromatic heterocycles. The van der Waals surface area contributed by atoms with Crippen molar-refractivity contribution in [2.45, 2.75) is 19.8 Å². The average Bonchev–Trinajstić information content (AvgIpc) is 4.28. The molecule has 10 aromatic rings. The number of aryl methyl sites for hydroxylation is 1. The zero-order valence-electron chi connectivity index (χ0n) is 39.7. The zero-order valence-corrected chi connectivity index (χ0v) is 45.2. The normalized spacial score (nSPS) is 10.7. The van der Waals surface area contributed by atoms with Crippen LogP contribution in [0.4, 0.5) is 5.00 Å². The first-order valence-corrected chi connectivity index (χ1v) is 26.7. The number of hydrogen-bond donors (Lipinski definition) is 4. The lowest BCUT2D eigenvalue weighted by atomic mass is 10.0. The van der Waals surface area contributed by atoms with Gasteiger partial charge in [0.1, 0.15) is 22.1 Å². The highest BCUT2D eigenvalue weighted by Crippen LogP contribution is 2.38. The number of anilines is 1. The molecular weight excluding hydrogens is 1130 g/mol. The van der Waals surface area contributed by atoms with E-state index in [1.54, 1.807) is 150 Å². The molecule has 77 heavy (non-hydrogen) atoms. The van der Waals surface area contributed by atoms with Crippen LogP contribution in [0.5, 0.6) is 0 Å². The number of Topliss-reactive ketones (excluding diaryl/α,β-unsaturated/α-hetero) is 2. The minimum Gasteiger partial charge on any atom is -0.478 e. The molecule has 388 valence electrons. The monoisotopic (exact) mass is 1160 g/mol. The van der Waals surface area contributed by atoms with E-state index in [1.807, 2.05) is 0 Å². The van der Waals surface area contributed by atoms with Crippen molar-refractivity contribution < 1.29 is 57.3 Å². The van der Waals surface area contributed by atoms with Gasteiger partial charge in [-0.05, 0) is 131 Å². The highest BCUT2D eigenvalue weighted by molar-refractivity contribution is 7.15. The van der Waals surface area contributed by atoms with Crippen molar-refractivity contribution in [3.8, 4) is 44.7 Å². The minimum atomic E-state index is -1.12. The van der Waals surface area contributed by atoms with E-state index in [0.717, 1.165) is 28.0 Å². The molecule has 0 radical (unpaired) electrons. The lowest BCUT2D eigenvalue weighted by Gasteiger charge is -2.05. The molecule has 0 spiro atoms. The van der Waals surface area contributed by atoms with Crippen molar-refractivity contribution in [1.82, 2.24) is 0 Å². The summed E-state index contributed by atoms with van der Waals surface area (Å²) in [7, 11) is 0. The molecule has 0 saturated carbocycles. The molecule has 0 aliphatic rings. The summed E-state index contributed by atoms with van der Waals surface area (Å²) in [6.07, 6.45) is 1.31. The second kappa shape index (κ2) is 24.9. The van der Waals surface area contributed by atoms with Crippen molar-refractivity contribution in [2.75, 3.05) is 5.32 Å². The second-order valence-electron chi connectivity index (χ2n) is 16.4. The van der Waals surface area contributed by atoms with E-state index in [9.17, 15) is 44.1 Å².